The number of nitrogens with zero attached hydrogens (tertiary/aromatic N) is 4. The molecule has 3 aromatic heterocycles. The Morgan fingerprint density at radius 3 is 2.72 bits per heavy atom. The number of fused-ring (bicyclic) bond motifs is 4. The van der Waals surface area contributed by atoms with E-state index in [1.807, 2.05) is 4.90 Å². The van der Waals surface area contributed by atoms with Gasteiger partial charge in [0.15, 0.2) is 11.6 Å². The summed E-state index contributed by atoms with van der Waals surface area (Å²) in [7, 11) is 0. The van der Waals surface area contributed by atoms with E-state index in [0.717, 1.165) is 30.5 Å². The molecule has 0 spiro atoms. The van der Waals surface area contributed by atoms with Crippen LogP contribution in [0.4, 0.5) is 13.2 Å². The Balaban J connectivity index is 1.23. The molecular formula is C34H26F3N5O4S. The van der Waals surface area contributed by atoms with Gasteiger partial charge in [0, 0.05) is 54.4 Å². The van der Waals surface area contributed by atoms with Crippen LogP contribution >= 0.6 is 11.3 Å². The van der Waals surface area contributed by atoms with Crippen molar-refractivity contribution < 1.29 is 31.9 Å². The second-order valence-electron chi connectivity index (χ2n) is 11.8. The van der Waals surface area contributed by atoms with Crippen molar-refractivity contribution in [3.8, 4) is 27.6 Å². The summed E-state index contributed by atoms with van der Waals surface area (Å²) in [5.74, 6) is -2.03. The predicted octanol–water partition coefficient (Wildman–Crippen LogP) is 6.53. The first-order chi connectivity index (χ1) is 22.7. The molecule has 5 aromatic rings. The second kappa shape index (κ2) is 11.3. The molecule has 1 saturated heterocycles. The number of ether oxygens (including phenoxy) is 1. The van der Waals surface area contributed by atoms with Gasteiger partial charge >= 0.3 is 0 Å². The molecule has 2 atom stereocenters. The van der Waals surface area contributed by atoms with E-state index in [2.05, 4.69) is 15.5 Å². The smallest absolute Gasteiger partial charge is 0.261 e. The number of aryl methyl sites for hydroxylation is 1. The number of amides is 2. The zero-order chi connectivity index (χ0) is 32.4. The number of carbonyl (C=O) groups is 2. The van der Waals surface area contributed by atoms with E-state index in [9.17, 15) is 22.8 Å². The van der Waals surface area contributed by atoms with Crippen molar-refractivity contribution in [3.05, 3.63) is 105 Å². The van der Waals surface area contributed by atoms with E-state index >= 15 is 0 Å². The molecule has 1 fully saturated rings. The van der Waals surface area contributed by atoms with Crippen molar-refractivity contribution in [3.63, 3.8) is 0 Å². The molecule has 47 heavy (non-hydrogen) atoms. The first kappa shape index (κ1) is 29.4. The van der Waals surface area contributed by atoms with Gasteiger partial charge in [-0.15, -0.1) is 21.5 Å². The van der Waals surface area contributed by atoms with Gasteiger partial charge < -0.3 is 19.4 Å². The SMILES string of the molecule is Cc1nnc(-c2c(C[C@H]3COc4cc(F)ccc43)nc3c(c2-c2ccc(C(=O)NCc4ccc(F)c(F)c4)s2)C(=O)N2CCC[C@@H]32)o1. The quantitative estimate of drug-likeness (QED) is 0.212. The Morgan fingerprint density at radius 1 is 1.04 bits per heavy atom. The maximum atomic E-state index is 14.0. The molecule has 6 heterocycles. The van der Waals surface area contributed by atoms with Crippen LogP contribution in [0, 0.1) is 24.4 Å². The van der Waals surface area contributed by atoms with Crippen molar-refractivity contribution in [2.75, 3.05) is 13.2 Å². The van der Waals surface area contributed by atoms with Crippen LogP contribution < -0.4 is 10.1 Å². The average molecular weight is 658 g/mol. The van der Waals surface area contributed by atoms with Gasteiger partial charge in [-0.3, -0.25) is 14.6 Å². The molecular weight excluding hydrogens is 631 g/mol. The number of thiophene rings is 1. The molecule has 0 radical (unpaired) electrons. The number of hydrogen-bond donors (Lipinski definition) is 1. The van der Waals surface area contributed by atoms with Gasteiger partial charge in [-0.25, -0.2) is 13.2 Å². The van der Waals surface area contributed by atoms with E-state index < -0.39 is 17.5 Å². The normalized spacial score (nSPS) is 17.9. The minimum Gasteiger partial charge on any atom is -0.493 e. The third-order valence-electron chi connectivity index (χ3n) is 8.89. The Kier molecular flexibility index (Phi) is 7.08. The highest BCUT2D eigenvalue weighted by atomic mass is 32.1. The summed E-state index contributed by atoms with van der Waals surface area (Å²) in [4.78, 5) is 35.2. The summed E-state index contributed by atoms with van der Waals surface area (Å²) in [6, 6.07) is 11.2. The van der Waals surface area contributed by atoms with E-state index in [-0.39, 0.29) is 36.1 Å². The van der Waals surface area contributed by atoms with Crippen LogP contribution in [0.15, 0.2) is 52.9 Å². The predicted molar refractivity (Wildman–Crippen MR) is 164 cm³/mol. The van der Waals surface area contributed by atoms with Crippen LogP contribution in [0.25, 0.3) is 21.9 Å². The maximum absolute atomic E-state index is 14.0. The van der Waals surface area contributed by atoms with Gasteiger partial charge in [-0.2, -0.15) is 0 Å². The van der Waals surface area contributed by atoms with E-state index in [0.29, 0.717) is 74.6 Å². The second-order valence-corrected chi connectivity index (χ2v) is 12.9. The van der Waals surface area contributed by atoms with E-state index in [4.69, 9.17) is 14.1 Å². The minimum atomic E-state index is -0.994. The third kappa shape index (κ3) is 5.05. The molecule has 3 aliphatic heterocycles. The fourth-order valence-corrected chi connectivity index (χ4v) is 7.72. The molecule has 13 heteroatoms. The summed E-state index contributed by atoms with van der Waals surface area (Å²) in [6.45, 7) is 2.61. The lowest BCUT2D eigenvalue weighted by Gasteiger charge is -2.18. The highest BCUT2D eigenvalue weighted by molar-refractivity contribution is 7.17. The summed E-state index contributed by atoms with van der Waals surface area (Å²) in [5, 5.41) is 11.2. The number of hydrogen-bond acceptors (Lipinski definition) is 8. The number of rotatable bonds is 7. The number of pyridine rings is 1. The molecule has 0 aliphatic carbocycles. The van der Waals surface area contributed by atoms with Crippen molar-refractivity contribution in [1.82, 2.24) is 25.4 Å². The van der Waals surface area contributed by atoms with E-state index in [1.54, 1.807) is 25.1 Å². The number of halogens is 3. The number of benzene rings is 2. The monoisotopic (exact) mass is 657 g/mol. The summed E-state index contributed by atoms with van der Waals surface area (Å²) < 4.78 is 52.9. The van der Waals surface area contributed by atoms with Crippen molar-refractivity contribution in [2.45, 2.75) is 44.7 Å². The molecule has 0 unspecified atom stereocenters. The van der Waals surface area contributed by atoms with Gasteiger partial charge in [0.1, 0.15) is 11.6 Å². The summed E-state index contributed by atoms with van der Waals surface area (Å²) in [6.07, 6.45) is 2.04. The first-order valence-corrected chi connectivity index (χ1v) is 16.0. The lowest BCUT2D eigenvalue weighted by atomic mass is 9.89. The Bertz CT molecular complexity index is 2100. The lowest BCUT2D eigenvalue weighted by molar-refractivity contribution is 0.0776. The van der Waals surface area contributed by atoms with Crippen LogP contribution in [0.2, 0.25) is 0 Å². The van der Waals surface area contributed by atoms with Crippen LogP contribution in [0.1, 0.15) is 73.2 Å². The fourth-order valence-electron chi connectivity index (χ4n) is 6.74. The Hall–Kier alpha value is -5.04. The van der Waals surface area contributed by atoms with Crippen molar-refractivity contribution in [1.29, 1.82) is 0 Å². The zero-order valence-corrected chi connectivity index (χ0v) is 25.8. The Labute approximate surface area is 270 Å². The van der Waals surface area contributed by atoms with E-state index in [1.165, 1.54) is 29.5 Å². The lowest BCUT2D eigenvalue weighted by Crippen LogP contribution is -2.23. The largest absolute Gasteiger partial charge is 0.493 e. The molecule has 3 aliphatic rings. The maximum Gasteiger partial charge on any atom is 0.261 e. The molecule has 2 amide bonds. The molecule has 2 aromatic carbocycles. The minimum absolute atomic E-state index is 0.00542. The number of aromatic nitrogens is 3. The molecule has 9 nitrogen and oxygen atoms in total. The van der Waals surface area contributed by atoms with Crippen LogP contribution in [-0.4, -0.2) is 45.0 Å². The Morgan fingerprint density at radius 2 is 1.91 bits per heavy atom. The molecule has 1 N–H and O–H groups in total. The van der Waals surface area contributed by atoms with Gasteiger partial charge in [-0.05, 0) is 48.7 Å². The highest BCUT2D eigenvalue weighted by Gasteiger charge is 2.45. The standard InChI is InChI=1S/C34H26F3N5O4S/c1-16-40-41-33(46-16)28-23(12-18-15-45-25-13-19(35)5-6-20(18)25)39-31-24-3-2-10-42(24)34(44)30(31)29(28)26-8-9-27(47-26)32(43)38-14-17-4-7-21(36)22(37)11-17/h4-9,11,13,18,24H,2-3,10,12,14-15H2,1H3,(H,38,43)/t18-,24-/m0/s1. The van der Waals surface area contributed by atoms with Gasteiger partial charge in [0.05, 0.1) is 40.0 Å². The van der Waals surface area contributed by atoms with Crippen LogP contribution in [0.3, 0.4) is 0 Å². The van der Waals surface area contributed by atoms with Gasteiger partial charge in [0.25, 0.3) is 11.8 Å². The molecule has 8 rings (SSSR count). The van der Waals surface area contributed by atoms with Crippen LogP contribution in [-0.2, 0) is 13.0 Å². The topological polar surface area (TPSA) is 110 Å². The summed E-state index contributed by atoms with van der Waals surface area (Å²) in [5.41, 5.74) is 4.09. The van der Waals surface area contributed by atoms with Crippen molar-refractivity contribution >= 4 is 23.2 Å². The third-order valence-corrected chi connectivity index (χ3v) is 9.99. The number of nitrogens with one attached hydrogen (secondary N) is 1. The average Bonchev–Trinajstić information content (AvgIpc) is 3.89. The van der Waals surface area contributed by atoms with Gasteiger partial charge in [0.2, 0.25) is 11.8 Å². The molecule has 238 valence electrons. The number of carbonyl (C=O) groups excluding carboxylic acids is 2. The van der Waals surface area contributed by atoms with Crippen LogP contribution in [0.5, 0.6) is 5.75 Å². The molecule has 0 bridgehead atoms. The highest BCUT2D eigenvalue weighted by Crippen LogP contribution is 2.50. The molecule has 0 saturated carbocycles. The van der Waals surface area contributed by atoms with Crippen molar-refractivity contribution in [2.24, 2.45) is 0 Å². The fraction of sp³-hybridized carbons (Fsp3) is 0.265. The first-order valence-electron chi connectivity index (χ1n) is 15.2. The van der Waals surface area contributed by atoms with Gasteiger partial charge in [-0.1, -0.05) is 12.1 Å². The zero-order valence-electron chi connectivity index (χ0n) is 25.0. The summed E-state index contributed by atoms with van der Waals surface area (Å²) >= 11 is 1.19.